The maximum absolute atomic E-state index is 9.08. The topological polar surface area (TPSA) is 255 Å². The Morgan fingerprint density at radius 1 is 0.352 bits per heavy atom. The molecule has 0 heterocycles. The lowest BCUT2D eigenvalue weighted by molar-refractivity contribution is -0.515. The fraction of sp³-hybridized carbons (Fsp3) is 1.00. The molecule has 12 rings (SSSR count). The zero-order chi connectivity index (χ0) is 41.5. The molecule has 0 radical (unpaired) electrons. The summed E-state index contributed by atoms with van der Waals surface area (Å²) in [5.74, 6) is 3.05. The second-order valence-corrected chi connectivity index (χ2v) is 27.7. The van der Waals surface area contributed by atoms with Crippen LogP contribution in [0.1, 0.15) is 157 Å². The summed E-state index contributed by atoms with van der Waals surface area (Å²) < 4.78 is 81.7. The molecule has 6 unspecified atom stereocenters. The maximum atomic E-state index is 9.08. The van der Waals surface area contributed by atoms with Gasteiger partial charge in [0.2, 0.25) is 0 Å². The van der Waals surface area contributed by atoms with Crippen molar-refractivity contribution in [3.63, 3.8) is 0 Å². The second-order valence-electron chi connectivity index (χ2n) is 23.5. The molecule has 12 fully saturated rings. The quantitative estimate of drug-likeness (QED) is 0.302. The minimum atomic E-state index is -3.92. The highest BCUT2D eigenvalue weighted by atomic mass is 32.2. The average molecular weight is 826 g/mol. The molecular weight excluding hydrogens is 751 g/mol. The molecule has 0 aromatic rings. The molecule has 0 aromatic carbocycles. The Balaban J connectivity index is 0.000000153. The summed E-state index contributed by atoms with van der Waals surface area (Å²) in [6.45, 7) is 15.1. The summed E-state index contributed by atoms with van der Waals surface area (Å²) in [4.78, 5) is 0. The summed E-state index contributed by atoms with van der Waals surface area (Å²) in [6.07, 6.45) is 28.0. The molecule has 0 spiro atoms. The van der Waals surface area contributed by atoms with E-state index in [1.807, 2.05) is 0 Å². The van der Waals surface area contributed by atoms with Crippen LogP contribution in [0.5, 0.6) is 0 Å². The zero-order valence-electron chi connectivity index (χ0n) is 35.0. The Morgan fingerprint density at radius 3 is 0.574 bits per heavy atom. The zero-order valence-corrected chi connectivity index (χ0v) is 37.4. The molecule has 12 nitrogen and oxygen atoms in total. The predicted octanol–water partition coefficient (Wildman–Crippen LogP) is 3.42. The molecule has 12 saturated carbocycles. The van der Waals surface area contributed by atoms with Crippen molar-refractivity contribution >= 4 is 30.4 Å². The third kappa shape index (κ3) is 13.6. The van der Waals surface area contributed by atoms with Crippen molar-refractivity contribution < 1.29 is 56.1 Å². The van der Waals surface area contributed by atoms with Gasteiger partial charge in [-0.25, -0.2) is 25.3 Å². The van der Waals surface area contributed by atoms with Crippen LogP contribution in [0.4, 0.5) is 0 Å². The molecular formula is C39H75N3O9S3. The number of hydrogen-bond donors (Lipinski definition) is 3. The van der Waals surface area contributed by atoms with Crippen LogP contribution in [-0.2, 0) is 30.4 Å². The second kappa shape index (κ2) is 14.4. The molecule has 0 aliphatic heterocycles. The van der Waals surface area contributed by atoms with Crippen LogP contribution >= 0.6 is 0 Å². The standard InChI is InChI=1S/3C12H21N.3CH4O3S/c3*1-10-3-9-4-11(2,6-10)8-12(13,5-9)7-10;3*1-5(2,3)4/h3*9H,3-8,13H2,1-2H3;3*1H3,(H,2,3,4)/t3*9?,10-,11+,12?;;;. The first-order chi connectivity index (χ1) is 23.7. The van der Waals surface area contributed by atoms with Gasteiger partial charge in [0.25, 0.3) is 0 Å². The van der Waals surface area contributed by atoms with Gasteiger partial charge in [0.1, 0.15) is 0 Å². The van der Waals surface area contributed by atoms with Crippen molar-refractivity contribution in [2.75, 3.05) is 18.8 Å². The highest BCUT2D eigenvalue weighted by molar-refractivity contribution is 7.85. The lowest BCUT2D eigenvalue weighted by atomic mass is 9.43. The third-order valence-electron chi connectivity index (χ3n) is 14.2. The summed E-state index contributed by atoms with van der Waals surface area (Å²) in [7, 11) is -11.8. The van der Waals surface area contributed by atoms with Crippen LogP contribution in [0, 0.1) is 50.2 Å². The van der Waals surface area contributed by atoms with Crippen LogP contribution in [0.3, 0.4) is 0 Å². The van der Waals surface area contributed by atoms with Crippen molar-refractivity contribution in [2.24, 2.45) is 50.2 Å². The van der Waals surface area contributed by atoms with E-state index in [-0.39, 0.29) is 0 Å². The predicted molar refractivity (Wildman–Crippen MR) is 206 cm³/mol. The first-order valence-electron chi connectivity index (χ1n) is 20.0. The van der Waals surface area contributed by atoms with Crippen LogP contribution in [0.25, 0.3) is 0 Å². The minimum Gasteiger partial charge on any atom is -0.748 e. The van der Waals surface area contributed by atoms with Crippen molar-refractivity contribution in [3.05, 3.63) is 0 Å². The van der Waals surface area contributed by atoms with Gasteiger partial charge in [-0.1, -0.05) is 41.5 Å². The van der Waals surface area contributed by atoms with Crippen LogP contribution in [0.15, 0.2) is 0 Å². The number of quaternary nitrogens is 3. The fourth-order valence-corrected chi connectivity index (χ4v) is 17.1. The Morgan fingerprint density at radius 2 is 0.481 bits per heavy atom. The summed E-state index contributed by atoms with van der Waals surface area (Å²) in [6, 6.07) is 0. The van der Waals surface area contributed by atoms with E-state index in [0.717, 1.165) is 17.8 Å². The molecule has 54 heavy (non-hydrogen) atoms. The maximum Gasteiger partial charge on any atom is 0.0959 e. The lowest BCUT2D eigenvalue weighted by Gasteiger charge is -2.62. The van der Waals surface area contributed by atoms with E-state index in [1.54, 1.807) is 0 Å². The molecule has 318 valence electrons. The largest absolute Gasteiger partial charge is 0.748 e. The van der Waals surface area contributed by atoms with Crippen molar-refractivity contribution in [2.45, 2.75) is 174 Å². The van der Waals surface area contributed by atoms with Gasteiger partial charge in [0.05, 0.1) is 47.0 Å². The summed E-state index contributed by atoms with van der Waals surface area (Å²) in [5, 5.41) is 0. The summed E-state index contributed by atoms with van der Waals surface area (Å²) in [5.41, 5.74) is 19.0. The van der Waals surface area contributed by atoms with E-state index >= 15 is 0 Å². The van der Waals surface area contributed by atoms with Crippen molar-refractivity contribution in [1.82, 2.24) is 0 Å². The van der Waals surface area contributed by atoms with Gasteiger partial charge in [-0.2, -0.15) is 0 Å². The molecule has 12 aliphatic rings. The van der Waals surface area contributed by atoms with Gasteiger partial charge in [-0.05, 0) is 108 Å². The van der Waals surface area contributed by atoms with Crippen LogP contribution < -0.4 is 17.2 Å². The Kier molecular flexibility index (Phi) is 12.4. The SMILES string of the molecule is CS(=O)(=O)[O-].CS(=O)(=O)[O-].CS(=O)(=O)[O-].C[C@]12CC3CC([NH3+])(C1)C[C@@](C)(C3)C2.C[C@]12CC3CC([NH3+])(C1)C[C@@](C)(C3)C2.C[C@]12CC3CC([NH3+])(C1)C[C@@](C)(C3)C2. The molecule has 12 atom stereocenters. The Bertz CT molecular complexity index is 1360. The van der Waals surface area contributed by atoms with Crippen molar-refractivity contribution in [1.29, 1.82) is 0 Å². The Hall–Kier alpha value is -0.390. The molecule has 0 saturated heterocycles. The van der Waals surface area contributed by atoms with Crippen LogP contribution in [0.2, 0.25) is 0 Å². The number of rotatable bonds is 0. The Labute approximate surface area is 327 Å². The van der Waals surface area contributed by atoms with E-state index in [9.17, 15) is 0 Å². The normalized spacial score (nSPS) is 49.7. The van der Waals surface area contributed by atoms with E-state index in [1.165, 1.54) is 116 Å². The minimum absolute atomic E-state index is 0.475. The molecule has 0 amide bonds. The first kappa shape index (κ1) is 46.3. The summed E-state index contributed by atoms with van der Waals surface area (Å²) >= 11 is 0. The van der Waals surface area contributed by atoms with Crippen LogP contribution in [-0.4, -0.2) is 74.3 Å². The van der Waals surface area contributed by atoms with Crippen molar-refractivity contribution in [3.8, 4) is 0 Å². The molecule has 0 aromatic heterocycles. The van der Waals surface area contributed by atoms with Gasteiger partial charge in [-0.3, -0.25) is 0 Å². The van der Waals surface area contributed by atoms with E-state index in [0.29, 0.717) is 67.9 Å². The smallest absolute Gasteiger partial charge is 0.0959 e. The number of hydrogen-bond acceptors (Lipinski definition) is 9. The molecule has 12 aliphatic carbocycles. The highest BCUT2D eigenvalue weighted by Gasteiger charge is 2.63. The molecule has 9 N–H and O–H groups in total. The van der Waals surface area contributed by atoms with E-state index in [2.05, 4.69) is 58.7 Å². The van der Waals surface area contributed by atoms with Gasteiger partial charge in [0.15, 0.2) is 0 Å². The third-order valence-corrected chi connectivity index (χ3v) is 14.2. The van der Waals surface area contributed by atoms with Gasteiger partial charge in [-0.15, -0.1) is 0 Å². The first-order valence-corrected chi connectivity index (χ1v) is 25.5. The van der Waals surface area contributed by atoms with E-state index < -0.39 is 30.4 Å². The van der Waals surface area contributed by atoms with E-state index in [4.69, 9.17) is 38.9 Å². The van der Waals surface area contributed by atoms with Gasteiger partial charge in [0, 0.05) is 76.6 Å². The monoisotopic (exact) mass is 825 g/mol. The molecule has 12 bridgehead atoms. The fourth-order valence-electron chi connectivity index (χ4n) is 17.1. The average Bonchev–Trinajstić information content (AvgIpc) is 2.71. The lowest BCUT2D eigenvalue weighted by Crippen LogP contribution is -2.80. The van der Waals surface area contributed by atoms with Gasteiger partial charge < -0.3 is 30.9 Å². The highest BCUT2D eigenvalue weighted by Crippen LogP contribution is 2.67. The van der Waals surface area contributed by atoms with Gasteiger partial charge >= 0.3 is 0 Å². The molecule has 15 heteroatoms.